The average molecular weight is 247 g/mol. The van der Waals surface area contributed by atoms with Gasteiger partial charge in [-0.3, -0.25) is 0 Å². The van der Waals surface area contributed by atoms with Crippen LogP contribution in [0.1, 0.15) is 6.92 Å². The van der Waals surface area contributed by atoms with Crippen LogP contribution in [0.25, 0.3) is 10.9 Å². The third-order valence-corrected chi connectivity index (χ3v) is 3.51. The Morgan fingerprint density at radius 2 is 2.12 bits per heavy atom. The molecule has 1 unspecified atom stereocenters. The molecule has 0 amide bonds. The summed E-state index contributed by atoms with van der Waals surface area (Å²) < 4.78 is 0. The topological polar surface area (TPSA) is 37.8 Å². The van der Waals surface area contributed by atoms with Gasteiger partial charge in [0, 0.05) is 11.9 Å². The molecule has 1 atom stereocenters. The maximum absolute atomic E-state index is 4.31. The maximum atomic E-state index is 4.31. The SMILES string of the molecule is CSCC(C)CNc1ncnc2ccccc12. The molecule has 90 valence electrons. The summed E-state index contributed by atoms with van der Waals surface area (Å²) in [7, 11) is 0. The molecule has 0 aliphatic carbocycles. The summed E-state index contributed by atoms with van der Waals surface area (Å²) in [6.45, 7) is 3.19. The Bertz CT molecular complexity index is 482. The Morgan fingerprint density at radius 1 is 1.29 bits per heavy atom. The van der Waals surface area contributed by atoms with Crippen LogP contribution in [0.2, 0.25) is 0 Å². The molecule has 0 spiro atoms. The van der Waals surface area contributed by atoms with E-state index in [1.807, 2.05) is 30.0 Å². The van der Waals surface area contributed by atoms with Gasteiger partial charge in [-0.15, -0.1) is 0 Å². The van der Waals surface area contributed by atoms with Crippen molar-refractivity contribution in [1.29, 1.82) is 0 Å². The number of benzene rings is 1. The number of nitrogens with zero attached hydrogens (tertiary/aromatic N) is 2. The zero-order valence-corrected chi connectivity index (χ0v) is 11.0. The third-order valence-electron chi connectivity index (χ3n) is 2.61. The first-order valence-electron chi connectivity index (χ1n) is 5.74. The van der Waals surface area contributed by atoms with E-state index in [0.29, 0.717) is 5.92 Å². The largest absolute Gasteiger partial charge is 0.369 e. The predicted octanol–water partition coefficient (Wildman–Crippen LogP) is 3.04. The lowest BCUT2D eigenvalue weighted by atomic mass is 10.2. The standard InChI is InChI=1S/C13H17N3S/c1-10(8-17-2)7-14-13-11-5-3-4-6-12(11)15-9-16-13/h3-6,9-10H,7-8H2,1-2H3,(H,14,15,16). The van der Waals surface area contributed by atoms with Gasteiger partial charge in [0.25, 0.3) is 0 Å². The molecule has 3 nitrogen and oxygen atoms in total. The van der Waals surface area contributed by atoms with Crippen molar-refractivity contribution in [3.05, 3.63) is 30.6 Å². The second-order valence-corrected chi connectivity index (χ2v) is 5.09. The molecule has 0 fully saturated rings. The molecule has 2 rings (SSSR count). The molecule has 0 bridgehead atoms. The van der Waals surface area contributed by atoms with Gasteiger partial charge in [0.2, 0.25) is 0 Å². The van der Waals surface area contributed by atoms with Crippen molar-refractivity contribution >= 4 is 28.5 Å². The molecule has 1 heterocycles. The molecule has 0 aliphatic heterocycles. The quantitative estimate of drug-likeness (QED) is 0.881. The fraction of sp³-hybridized carbons (Fsp3) is 0.385. The van der Waals surface area contributed by atoms with E-state index in [0.717, 1.165) is 29.0 Å². The lowest BCUT2D eigenvalue weighted by molar-refractivity contribution is 0.700. The van der Waals surface area contributed by atoms with Crippen LogP contribution in [0.5, 0.6) is 0 Å². The Hall–Kier alpha value is -1.29. The van der Waals surface area contributed by atoms with Gasteiger partial charge in [0.05, 0.1) is 5.52 Å². The fourth-order valence-electron chi connectivity index (χ4n) is 1.76. The van der Waals surface area contributed by atoms with Crippen molar-refractivity contribution in [3.8, 4) is 0 Å². The van der Waals surface area contributed by atoms with Gasteiger partial charge in [-0.05, 0) is 30.1 Å². The number of para-hydroxylation sites is 1. The zero-order valence-electron chi connectivity index (χ0n) is 10.2. The third kappa shape index (κ3) is 3.09. The summed E-state index contributed by atoms with van der Waals surface area (Å²) in [4.78, 5) is 8.56. The summed E-state index contributed by atoms with van der Waals surface area (Å²) in [5.74, 6) is 2.73. The average Bonchev–Trinajstić information content (AvgIpc) is 2.36. The van der Waals surface area contributed by atoms with E-state index < -0.39 is 0 Å². The number of thioether (sulfide) groups is 1. The smallest absolute Gasteiger partial charge is 0.137 e. The van der Waals surface area contributed by atoms with Crippen molar-refractivity contribution in [2.45, 2.75) is 6.92 Å². The number of anilines is 1. The highest BCUT2D eigenvalue weighted by Crippen LogP contribution is 2.18. The van der Waals surface area contributed by atoms with E-state index in [1.165, 1.54) is 0 Å². The Kier molecular flexibility index (Phi) is 4.20. The first-order chi connectivity index (χ1) is 8.31. The maximum Gasteiger partial charge on any atom is 0.137 e. The van der Waals surface area contributed by atoms with Gasteiger partial charge in [-0.2, -0.15) is 11.8 Å². The first-order valence-corrected chi connectivity index (χ1v) is 7.13. The highest BCUT2D eigenvalue weighted by atomic mass is 32.2. The fourth-order valence-corrected chi connectivity index (χ4v) is 2.45. The molecular weight excluding hydrogens is 230 g/mol. The number of aromatic nitrogens is 2. The highest BCUT2D eigenvalue weighted by Gasteiger charge is 2.04. The highest BCUT2D eigenvalue weighted by molar-refractivity contribution is 7.98. The summed E-state index contributed by atoms with van der Waals surface area (Å²) in [6, 6.07) is 8.07. The second-order valence-electron chi connectivity index (χ2n) is 4.18. The van der Waals surface area contributed by atoms with Crippen molar-refractivity contribution in [2.24, 2.45) is 5.92 Å². The summed E-state index contributed by atoms with van der Waals surface area (Å²) >= 11 is 1.88. The van der Waals surface area contributed by atoms with Gasteiger partial charge >= 0.3 is 0 Å². The van der Waals surface area contributed by atoms with Gasteiger partial charge in [-0.25, -0.2) is 9.97 Å². The lowest BCUT2D eigenvalue weighted by Gasteiger charge is -2.12. The van der Waals surface area contributed by atoms with E-state index in [-0.39, 0.29) is 0 Å². The van der Waals surface area contributed by atoms with Crippen LogP contribution in [0.3, 0.4) is 0 Å². The Balaban J connectivity index is 2.13. The number of hydrogen-bond donors (Lipinski definition) is 1. The molecule has 0 radical (unpaired) electrons. The molecule has 1 aromatic heterocycles. The van der Waals surface area contributed by atoms with Crippen molar-refractivity contribution < 1.29 is 0 Å². The molecule has 0 saturated carbocycles. The summed E-state index contributed by atoms with van der Waals surface area (Å²) in [5.41, 5.74) is 0.988. The molecule has 2 aromatic rings. The van der Waals surface area contributed by atoms with Crippen LogP contribution < -0.4 is 5.32 Å². The predicted molar refractivity (Wildman–Crippen MR) is 75.6 cm³/mol. The van der Waals surface area contributed by atoms with Gasteiger partial charge in [0.15, 0.2) is 0 Å². The van der Waals surface area contributed by atoms with Gasteiger partial charge in [0.1, 0.15) is 12.1 Å². The number of fused-ring (bicyclic) bond motifs is 1. The minimum absolute atomic E-state index is 0.638. The van der Waals surface area contributed by atoms with E-state index in [9.17, 15) is 0 Å². The monoisotopic (exact) mass is 247 g/mol. The molecule has 0 aliphatic rings. The molecule has 17 heavy (non-hydrogen) atoms. The van der Waals surface area contributed by atoms with Crippen LogP contribution in [-0.4, -0.2) is 28.5 Å². The molecule has 1 N–H and O–H groups in total. The summed E-state index contributed by atoms with van der Waals surface area (Å²) in [6.07, 6.45) is 3.75. The minimum atomic E-state index is 0.638. The summed E-state index contributed by atoms with van der Waals surface area (Å²) in [5, 5.41) is 4.50. The van der Waals surface area contributed by atoms with E-state index in [2.05, 4.69) is 34.5 Å². The normalized spacial score (nSPS) is 12.6. The number of nitrogens with one attached hydrogen (secondary N) is 1. The van der Waals surface area contributed by atoms with E-state index >= 15 is 0 Å². The molecule has 1 aromatic carbocycles. The minimum Gasteiger partial charge on any atom is -0.369 e. The lowest BCUT2D eigenvalue weighted by Crippen LogP contribution is -2.14. The van der Waals surface area contributed by atoms with Gasteiger partial charge < -0.3 is 5.32 Å². The number of hydrogen-bond acceptors (Lipinski definition) is 4. The van der Waals surface area contributed by atoms with E-state index in [1.54, 1.807) is 6.33 Å². The Morgan fingerprint density at radius 3 is 2.94 bits per heavy atom. The molecule has 0 saturated heterocycles. The van der Waals surface area contributed by atoms with Gasteiger partial charge in [-0.1, -0.05) is 19.1 Å². The molecular formula is C13H17N3S. The van der Waals surface area contributed by atoms with E-state index in [4.69, 9.17) is 0 Å². The van der Waals surface area contributed by atoms with Crippen molar-refractivity contribution in [3.63, 3.8) is 0 Å². The second kappa shape index (κ2) is 5.87. The molecule has 4 heteroatoms. The number of rotatable bonds is 5. The van der Waals surface area contributed by atoms with Crippen LogP contribution in [0, 0.1) is 5.92 Å². The Labute approximate surface area is 106 Å². The van der Waals surface area contributed by atoms with Crippen LogP contribution >= 0.6 is 11.8 Å². The first kappa shape index (κ1) is 12.2. The van der Waals surface area contributed by atoms with Crippen molar-refractivity contribution in [2.75, 3.05) is 23.9 Å². The van der Waals surface area contributed by atoms with Crippen molar-refractivity contribution in [1.82, 2.24) is 9.97 Å². The van der Waals surface area contributed by atoms with Crippen LogP contribution in [-0.2, 0) is 0 Å². The van der Waals surface area contributed by atoms with Crippen LogP contribution in [0.4, 0.5) is 5.82 Å². The van der Waals surface area contributed by atoms with Crippen LogP contribution in [0.15, 0.2) is 30.6 Å². The zero-order chi connectivity index (χ0) is 12.1.